The molecule has 2 atom stereocenters. The van der Waals surface area contributed by atoms with Crippen LogP contribution in [0.5, 0.6) is 0 Å². The van der Waals surface area contributed by atoms with E-state index in [1.807, 2.05) is 18.7 Å². The predicted molar refractivity (Wildman–Crippen MR) is 86.5 cm³/mol. The Morgan fingerprint density at radius 2 is 2.18 bits per heavy atom. The van der Waals surface area contributed by atoms with Crippen LogP contribution < -0.4 is 5.32 Å². The third kappa shape index (κ3) is 3.69. The zero-order valence-corrected chi connectivity index (χ0v) is 13.6. The van der Waals surface area contributed by atoms with Crippen LogP contribution in [0.3, 0.4) is 0 Å². The van der Waals surface area contributed by atoms with E-state index < -0.39 is 0 Å². The Labute approximate surface area is 133 Å². The summed E-state index contributed by atoms with van der Waals surface area (Å²) in [6.45, 7) is 6.23. The molecule has 3 rings (SSSR count). The van der Waals surface area contributed by atoms with Crippen molar-refractivity contribution < 1.29 is 4.79 Å². The molecule has 0 aromatic carbocycles. The normalized spacial score (nSPS) is 25.1. The molecule has 1 aromatic heterocycles. The summed E-state index contributed by atoms with van der Waals surface area (Å²) in [5.41, 5.74) is 0. The quantitative estimate of drug-likeness (QED) is 0.926. The Kier molecular flexibility index (Phi) is 5.13. The van der Waals surface area contributed by atoms with Crippen LogP contribution in [0, 0.1) is 11.8 Å². The molecule has 5 nitrogen and oxygen atoms in total. The van der Waals surface area contributed by atoms with E-state index in [-0.39, 0.29) is 0 Å². The smallest absolute Gasteiger partial charge is 0.222 e. The van der Waals surface area contributed by atoms with E-state index in [4.69, 9.17) is 0 Å². The Balaban J connectivity index is 1.45. The fourth-order valence-electron chi connectivity index (χ4n) is 3.83. The Hall–Kier alpha value is -1.36. The van der Waals surface area contributed by atoms with Gasteiger partial charge in [-0.2, -0.15) is 0 Å². The lowest BCUT2D eigenvalue weighted by Crippen LogP contribution is -2.41. The first kappa shape index (κ1) is 15.5. The first-order chi connectivity index (χ1) is 10.7. The van der Waals surface area contributed by atoms with Crippen LogP contribution in [0.1, 0.15) is 45.1 Å². The number of hydrogen-bond donors (Lipinski definition) is 1. The number of imidazole rings is 1. The van der Waals surface area contributed by atoms with Gasteiger partial charge in [-0.15, -0.1) is 0 Å². The molecule has 1 aromatic rings. The molecule has 122 valence electrons. The first-order valence-electron chi connectivity index (χ1n) is 8.70. The number of nitrogens with zero attached hydrogens (tertiary/aromatic N) is 3. The minimum atomic E-state index is 0.349. The van der Waals surface area contributed by atoms with E-state index in [2.05, 4.69) is 26.7 Å². The lowest BCUT2D eigenvalue weighted by atomic mass is 9.85. The fourth-order valence-corrected chi connectivity index (χ4v) is 3.83. The summed E-state index contributed by atoms with van der Waals surface area (Å²) in [6, 6.07) is 0.506. The van der Waals surface area contributed by atoms with Crippen LogP contribution in [0.2, 0.25) is 0 Å². The monoisotopic (exact) mass is 304 g/mol. The molecule has 0 radical (unpaired) electrons. The molecule has 2 aliphatic heterocycles. The summed E-state index contributed by atoms with van der Waals surface area (Å²) in [7, 11) is 0. The van der Waals surface area contributed by atoms with Gasteiger partial charge in [0.2, 0.25) is 5.91 Å². The molecule has 2 saturated heterocycles. The summed E-state index contributed by atoms with van der Waals surface area (Å²) in [6.07, 6.45) is 11.1. The van der Waals surface area contributed by atoms with Gasteiger partial charge in [-0.1, -0.05) is 6.92 Å². The SMILES string of the molecule is CC(CC(=O)N1CCC(n2ccnc2)CC1)C1CCCNC1. The van der Waals surface area contributed by atoms with Gasteiger partial charge in [-0.05, 0) is 50.6 Å². The molecule has 22 heavy (non-hydrogen) atoms. The van der Waals surface area contributed by atoms with E-state index in [1.54, 1.807) is 0 Å². The largest absolute Gasteiger partial charge is 0.343 e. The van der Waals surface area contributed by atoms with Gasteiger partial charge in [-0.3, -0.25) is 4.79 Å². The van der Waals surface area contributed by atoms with Gasteiger partial charge in [-0.25, -0.2) is 4.98 Å². The van der Waals surface area contributed by atoms with E-state index in [0.29, 0.717) is 30.2 Å². The summed E-state index contributed by atoms with van der Waals surface area (Å²) in [4.78, 5) is 18.7. The number of piperidine rings is 2. The zero-order chi connectivity index (χ0) is 15.4. The Morgan fingerprint density at radius 1 is 1.36 bits per heavy atom. The molecular weight excluding hydrogens is 276 g/mol. The van der Waals surface area contributed by atoms with Crippen LogP contribution in [0.4, 0.5) is 0 Å². The average Bonchev–Trinajstić information content (AvgIpc) is 3.10. The van der Waals surface area contributed by atoms with Crippen molar-refractivity contribution in [1.29, 1.82) is 0 Å². The van der Waals surface area contributed by atoms with Crippen molar-refractivity contribution in [2.75, 3.05) is 26.2 Å². The molecule has 0 aliphatic carbocycles. The highest BCUT2D eigenvalue weighted by molar-refractivity contribution is 5.76. The van der Waals surface area contributed by atoms with Gasteiger partial charge in [0.15, 0.2) is 0 Å². The van der Waals surface area contributed by atoms with E-state index in [9.17, 15) is 4.79 Å². The maximum Gasteiger partial charge on any atom is 0.222 e. The number of carbonyl (C=O) groups is 1. The number of hydrogen-bond acceptors (Lipinski definition) is 3. The summed E-state index contributed by atoms with van der Waals surface area (Å²) in [5, 5.41) is 3.46. The van der Waals surface area contributed by atoms with Crippen LogP contribution in [0.15, 0.2) is 18.7 Å². The molecular formula is C17H28N4O. The highest BCUT2D eigenvalue weighted by Gasteiger charge is 2.27. The van der Waals surface area contributed by atoms with Crippen molar-refractivity contribution in [1.82, 2.24) is 19.8 Å². The van der Waals surface area contributed by atoms with Crippen LogP contribution in [-0.2, 0) is 4.79 Å². The molecule has 2 fully saturated rings. The molecule has 2 unspecified atom stereocenters. The van der Waals surface area contributed by atoms with Gasteiger partial charge in [0, 0.05) is 37.9 Å². The van der Waals surface area contributed by atoms with Gasteiger partial charge < -0.3 is 14.8 Å². The van der Waals surface area contributed by atoms with Crippen molar-refractivity contribution >= 4 is 5.91 Å². The number of carbonyl (C=O) groups excluding carboxylic acids is 1. The fraction of sp³-hybridized carbons (Fsp3) is 0.765. The first-order valence-corrected chi connectivity index (χ1v) is 8.70. The second-order valence-electron chi connectivity index (χ2n) is 6.91. The van der Waals surface area contributed by atoms with Crippen molar-refractivity contribution in [3.8, 4) is 0 Å². The molecule has 0 saturated carbocycles. The predicted octanol–water partition coefficient (Wildman–Crippen LogP) is 2.07. The van der Waals surface area contributed by atoms with Crippen LogP contribution >= 0.6 is 0 Å². The minimum absolute atomic E-state index is 0.349. The second kappa shape index (κ2) is 7.27. The molecule has 0 spiro atoms. The number of amides is 1. The summed E-state index contributed by atoms with van der Waals surface area (Å²) >= 11 is 0. The third-order valence-corrected chi connectivity index (χ3v) is 5.40. The summed E-state index contributed by atoms with van der Waals surface area (Å²) in [5.74, 6) is 1.51. The van der Waals surface area contributed by atoms with Crippen molar-refractivity contribution in [2.45, 2.75) is 45.1 Å². The molecule has 5 heteroatoms. The number of nitrogens with one attached hydrogen (secondary N) is 1. The molecule has 1 N–H and O–H groups in total. The summed E-state index contributed by atoms with van der Waals surface area (Å²) < 4.78 is 2.18. The zero-order valence-electron chi connectivity index (χ0n) is 13.6. The average molecular weight is 304 g/mol. The van der Waals surface area contributed by atoms with Crippen molar-refractivity contribution in [3.05, 3.63) is 18.7 Å². The minimum Gasteiger partial charge on any atom is -0.343 e. The van der Waals surface area contributed by atoms with Crippen molar-refractivity contribution in [3.63, 3.8) is 0 Å². The van der Waals surface area contributed by atoms with Gasteiger partial charge in [0.25, 0.3) is 0 Å². The maximum atomic E-state index is 12.5. The molecule has 3 heterocycles. The number of aromatic nitrogens is 2. The topological polar surface area (TPSA) is 50.2 Å². The Morgan fingerprint density at radius 3 is 2.82 bits per heavy atom. The lowest BCUT2D eigenvalue weighted by Gasteiger charge is -2.34. The lowest BCUT2D eigenvalue weighted by molar-refractivity contribution is -0.133. The maximum absolute atomic E-state index is 12.5. The Bertz CT molecular complexity index is 459. The highest BCUT2D eigenvalue weighted by Crippen LogP contribution is 2.26. The van der Waals surface area contributed by atoms with Gasteiger partial charge in [0.05, 0.1) is 6.33 Å². The van der Waals surface area contributed by atoms with Crippen LogP contribution in [0.25, 0.3) is 0 Å². The molecule has 1 amide bonds. The number of rotatable bonds is 4. The molecule has 0 bridgehead atoms. The van der Waals surface area contributed by atoms with E-state index >= 15 is 0 Å². The van der Waals surface area contributed by atoms with Crippen LogP contribution in [-0.4, -0.2) is 46.5 Å². The van der Waals surface area contributed by atoms with E-state index in [0.717, 1.165) is 39.0 Å². The standard InChI is InChI=1S/C17H28N4O/c1-14(15-3-2-6-18-12-15)11-17(22)20-8-4-16(5-9-20)21-10-7-19-13-21/h7,10,13-16,18H,2-6,8-9,11-12H2,1H3. The highest BCUT2D eigenvalue weighted by atomic mass is 16.2. The van der Waals surface area contributed by atoms with Crippen molar-refractivity contribution in [2.24, 2.45) is 11.8 Å². The number of likely N-dealkylation sites (tertiary alicyclic amines) is 1. The second-order valence-corrected chi connectivity index (χ2v) is 6.91. The van der Waals surface area contributed by atoms with E-state index in [1.165, 1.54) is 12.8 Å². The van der Waals surface area contributed by atoms with Gasteiger partial charge >= 0.3 is 0 Å². The van der Waals surface area contributed by atoms with Gasteiger partial charge in [0.1, 0.15) is 0 Å². The molecule has 2 aliphatic rings. The third-order valence-electron chi connectivity index (χ3n) is 5.40.